The first-order valence-electron chi connectivity index (χ1n) is 5.41. The maximum Gasteiger partial charge on any atom is 0.317 e. The highest BCUT2D eigenvalue weighted by Crippen LogP contribution is 2.06. The van der Waals surface area contributed by atoms with E-state index < -0.39 is 0 Å². The molecule has 0 radical (unpaired) electrons. The summed E-state index contributed by atoms with van der Waals surface area (Å²) in [4.78, 5) is 13.4. The summed E-state index contributed by atoms with van der Waals surface area (Å²) in [7, 11) is 0. The fourth-order valence-corrected chi connectivity index (χ4v) is 1.63. The topological polar surface area (TPSA) is 41.6 Å². The summed E-state index contributed by atoms with van der Waals surface area (Å²) in [6.07, 6.45) is 2.08. The molecule has 1 saturated heterocycles. The summed E-state index contributed by atoms with van der Waals surface area (Å²) in [6, 6.07) is 0.238. The molecule has 0 aromatic heterocycles. The Hall–Kier alpha value is -0.770. The molecule has 1 fully saturated rings. The summed E-state index contributed by atoms with van der Waals surface area (Å²) in [6.45, 7) is 6.98. The standard InChI is InChI=1S/C10H20N2O2/c1-3-12(4-2)10(13)11-9-6-5-7-14-8-9/h9H,3-8H2,1-2H3,(H,11,13). The van der Waals surface area contributed by atoms with Crippen LogP contribution in [0.15, 0.2) is 0 Å². The predicted octanol–water partition coefficient (Wildman–Crippen LogP) is 1.22. The van der Waals surface area contributed by atoms with Crippen molar-refractivity contribution in [1.29, 1.82) is 0 Å². The Bertz CT molecular complexity index is 175. The third kappa shape index (κ3) is 3.18. The lowest BCUT2D eigenvalue weighted by Gasteiger charge is -2.27. The number of carbonyl (C=O) groups excluding carboxylic acids is 1. The summed E-state index contributed by atoms with van der Waals surface area (Å²) in [5.41, 5.74) is 0. The molecule has 4 nitrogen and oxygen atoms in total. The van der Waals surface area contributed by atoms with Gasteiger partial charge in [0, 0.05) is 19.7 Å². The highest BCUT2D eigenvalue weighted by atomic mass is 16.5. The molecule has 1 unspecified atom stereocenters. The number of amides is 2. The molecule has 0 aliphatic carbocycles. The Balaban J connectivity index is 2.30. The molecule has 0 aromatic carbocycles. The normalized spacial score (nSPS) is 21.7. The van der Waals surface area contributed by atoms with Crippen LogP contribution < -0.4 is 5.32 Å². The molecule has 0 saturated carbocycles. The zero-order valence-corrected chi connectivity index (χ0v) is 9.08. The lowest BCUT2D eigenvalue weighted by atomic mass is 10.1. The van der Waals surface area contributed by atoms with Crippen molar-refractivity contribution in [3.8, 4) is 0 Å². The minimum absolute atomic E-state index is 0.0329. The fraction of sp³-hybridized carbons (Fsp3) is 0.900. The predicted molar refractivity (Wildman–Crippen MR) is 55.3 cm³/mol. The quantitative estimate of drug-likeness (QED) is 0.744. The van der Waals surface area contributed by atoms with Crippen molar-refractivity contribution in [2.24, 2.45) is 0 Å². The molecule has 14 heavy (non-hydrogen) atoms. The van der Waals surface area contributed by atoms with Gasteiger partial charge in [0.25, 0.3) is 0 Å². The van der Waals surface area contributed by atoms with Gasteiger partial charge in [0.1, 0.15) is 0 Å². The van der Waals surface area contributed by atoms with Gasteiger partial charge in [-0.2, -0.15) is 0 Å². The van der Waals surface area contributed by atoms with Gasteiger partial charge in [-0.3, -0.25) is 0 Å². The molecule has 1 heterocycles. The number of hydrogen-bond donors (Lipinski definition) is 1. The van der Waals surface area contributed by atoms with Crippen molar-refractivity contribution >= 4 is 6.03 Å². The maximum absolute atomic E-state index is 11.6. The van der Waals surface area contributed by atoms with E-state index >= 15 is 0 Å². The van der Waals surface area contributed by atoms with E-state index in [0.717, 1.165) is 32.5 Å². The molecule has 1 N–H and O–H groups in total. The zero-order valence-electron chi connectivity index (χ0n) is 9.08. The van der Waals surface area contributed by atoms with E-state index in [1.54, 1.807) is 4.90 Å². The molecular weight excluding hydrogens is 180 g/mol. The molecule has 2 amide bonds. The number of rotatable bonds is 3. The first kappa shape index (κ1) is 11.3. The van der Waals surface area contributed by atoms with E-state index in [2.05, 4.69) is 5.32 Å². The lowest BCUT2D eigenvalue weighted by Crippen LogP contribution is -2.47. The van der Waals surface area contributed by atoms with Crippen LogP contribution in [0.4, 0.5) is 4.79 Å². The molecule has 1 rings (SSSR count). The van der Waals surface area contributed by atoms with Crippen LogP contribution in [0.1, 0.15) is 26.7 Å². The van der Waals surface area contributed by atoms with E-state index in [4.69, 9.17) is 4.74 Å². The van der Waals surface area contributed by atoms with E-state index in [-0.39, 0.29) is 12.1 Å². The van der Waals surface area contributed by atoms with Gasteiger partial charge in [-0.1, -0.05) is 0 Å². The highest BCUT2D eigenvalue weighted by molar-refractivity contribution is 5.74. The molecule has 1 aliphatic heterocycles. The highest BCUT2D eigenvalue weighted by Gasteiger charge is 2.18. The number of ether oxygens (including phenoxy) is 1. The van der Waals surface area contributed by atoms with Gasteiger partial charge in [0.05, 0.1) is 12.6 Å². The van der Waals surface area contributed by atoms with Crippen LogP contribution in [0.2, 0.25) is 0 Å². The third-order valence-corrected chi connectivity index (χ3v) is 2.54. The van der Waals surface area contributed by atoms with Crippen molar-refractivity contribution in [2.45, 2.75) is 32.7 Å². The Morgan fingerprint density at radius 2 is 2.21 bits per heavy atom. The minimum atomic E-state index is 0.0329. The van der Waals surface area contributed by atoms with Crippen LogP contribution in [0.3, 0.4) is 0 Å². The maximum atomic E-state index is 11.6. The second kappa shape index (κ2) is 5.86. The Kier molecular flexibility index (Phi) is 4.73. The SMILES string of the molecule is CCN(CC)C(=O)NC1CCCOC1. The van der Waals surface area contributed by atoms with Crippen LogP contribution in [0.5, 0.6) is 0 Å². The molecule has 1 atom stereocenters. The van der Waals surface area contributed by atoms with Crippen molar-refractivity contribution in [3.05, 3.63) is 0 Å². The second-order valence-corrected chi connectivity index (χ2v) is 3.54. The van der Waals surface area contributed by atoms with Gasteiger partial charge < -0.3 is 15.0 Å². The number of carbonyl (C=O) groups is 1. The molecule has 0 spiro atoms. The van der Waals surface area contributed by atoms with Gasteiger partial charge in [-0.15, -0.1) is 0 Å². The minimum Gasteiger partial charge on any atom is -0.379 e. The van der Waals surface area contributed by atoms with E-state index in [1.165, 1.54) is 0 Å². The lowest BCUT2D eigenvalue weighted by molar-refractivity contribution is 0.0709. The van der Waals surface area contributed by atoms with Crippen LogP contribution in [-0.4, -0.2) is 43.3 Å². The molecule has 0 bridgehead atoms. The van der Waals surface area contributed by atoms with Crippen molar-refractivity contribution in [2.75, 3.05) is 26.3 Å². The number of nitrogens with one attached hydrogen (secondary N) is 1. The average Bonchev–Trinajstić information content (AvgIpc) is 2.21. The van der Waals surface area contributed by atoms with Crippen molar-refractivity contribution < 1.29 is 9.53 Å². The Morgan fingerprint density at radius 1 is 1.50 bits per heavy atom. The second-order valence-electron chi connectivity index (χ2n) is 3.54. The van der Waals surface area contributed by atoms with Crippen LogP contribution in [0.25, 0.3) is 0 Å². The molecule has 0 aromatic rings. The summed E-state index contributed by atoms with van der Waals surface area (Å²) in [5.74, 6) is 0. The van der Waals surface area contributed by atoms with Crippen molar-refractivity contribution in [3.63, 3.8) is 0 Å². The van der Waals surface area contributed by atoms with E-state index in [1.807, 2.05) is 13.8 Å². The average molecular weight is 200 g/mol. The van der Waals surface area contributed by atoms with Crippen molar-refractivity contribution in [1.82, 2.24) is 10.2 Å². The number of nitrogens with zero attached hydrogens (tertiary/aromatic N) is 1. The van der Waals surface area contributed by atoms with Crippen LogP contribution >= 0.6 is 0 Å². The zero-order chi connectivity index (χ0) is 10.4. The molecule has 82 valence electrons. The van der Waals surface area contributed by atoms with Gasteiger partial charge in [0.2, 0.25) is 0 Å². The monoisotopic (exact) mass is 200 g/mol. The fourth-order valence-electron chi connectivity index (χ4n) is 1.63. The number of urea groups is 1. The number of hydrogen-bond acceptors (Lipinski definition) is 2. The van der Waals surface area contributed by atoms with Gasteiger partial charge in [-0.05, 0) is 26.7 Å². The molecule has 4 heteroatoms. The van der Waals surface area contributed by atoms with Crippen LogP contribution in [0, 0.1) is 0 Å². The Labute approximate surface area is 85.6 Å². The molecular formula is C10H20N2O2. The largest absolute Gasteiger partial charge is 0.379 e. The van der Waals surface area contributed by atoms with Crippen LogP contribution in [-0.2, 0) is 4.74 Å². The third-order valence-electron chi connectivity index (χ3n) is 2.54. The summed E-state index contributed by atoms with van der Waals surface area (Å²) < 4.78 is 5.30. The molecule has 1 aliphatic rings. The van der Waals surface area contributed by atoms with Gasteiger partial charge >= 0.3 is 6.03 Å². The van der Waals surface area contributed by atoms with Gasteiger partial charge in [-0.25, -0.2) is 4.79 Å². The first-order chi connectivity index (χ1) is 6.77. The van der Waals surface area contributed by atoms with E-state index in [0.29, 0.717) is 6.61 Å². The first-order valence-corrected chi connectivity index (χ1v) is 5.41. The summed E-state index contributed by atoms with van der Waals surface area (Å²) >= 11 is 0. The van der Waals surface area contributed by atoms with E-state index in [9.17, 15) is 4.79 Å². The smallest absolute Gasteiger partial charge is 0.317 e. The Morgan fingerprint density at radius 3 is 2.71 bits per heavy atom. The summed E-state index contributed by atoms with van der Waals surface area (Å²) in [5, 5.41) is 2.98. The van der Waals surface area contributed by atoms with Gasteiger partial charge in [0.15, 0.2) is 0 Å².